The van der Waals surface area contributed by atoms with Crippen molar-refractivity contribution in [1.82, 2.24) is 9.97 Å². The van der Waals surface area contributed by atoms with Gasteiger partial charge in [-0.1, -0.05) is 0 Å². The summed E-state index contributed by atoms with van der Waals surface area (Å²) in [6.45, 7) is 1.89. The zero-order chi connectivity index (χ0) is 9.97. The van der Waals surface area contributed by atoms with Crippen LogP contribution in [0.15, 0.2) is 12.3 Å². The summed E-state index contributed by atoms with van der Waals surface area (Å²) >= 11 is 0. The number of aryl methyl sites for hydroxylation is 1. The second-order valence-corrected chi connectivity index (χ2v) is 3.66. The highest BCUT2D eigenvalue weighted by atomic mass is 16.5. The molecule has 0 aliphatic heterocycles. The zero-order valence-corrected chi connectivity index (χ0v) is 8.53. The van der Waals surface area contributed by atoms with E-state index in [4.69, 9.17) is 4.74 Å². The molecule has 0 spiro atoms. The van der Waals surface area contributed by atoms with E-state index in [0.717, 1.165) is 24.5 Å². The third-order valence-electron chi connectivity index (χ3n) is 2.56. The van der Waals surface area contributed by atoms with Crippen molar-refractivity contribution in [2.45, 2.75) is 31.9 Å². The van der Waals surface area contributed by atoms with Gasteiger partial charge >= 0.3 is 0 Å². The standard InChI is InChI=1S/C10H15N3O/c1-7-11-4-3-10(12-7)13-8-5-9(6-8)14-2/h3-4,8-9H,5-6H2,1-2H3,(H,11,12,13). The van der Waals surface area contributed by atoms with Crippen LogP contribution in [0.3, 0.4) is 0 Å². The molecular formula is C10H15N3O. The number of rotatable bonds is 3. The van der Waals surface area contributed by atoms with E-state index in [1.807, 2.05) is 13.0 Å². The fourth-order valence-corrected chi connectivity index (χ4v) is 1.62. The summed E-state index contributed by atoms with van der Waals surface area (Å²) in [5.74, 6) is 1.72. The number of ether oxygens (including phenoxy) is 1. The van der Waals surface area contributed by atoms with Gasteiger partial charge in [0, 0.05) is 19.3 Å². The van der Waals surface area contributed by atoms with Crippen LogP contribution in [0.2, 0.25) is 0 Å². The van der Waals surface area contributed by atoms with Gasteiger partial charge in [-0.2, -0.15) is 0 Å². The van der Waals surface area contributed by atoms with E-state index in [1.54, 1.807) is 13.3 Å². The van der Waals surface area contributed by atoms with Gasteiger partial charge in [0.25, 0.3) is 0 Å². The maximum absolute atomic E-state index is 5.21. The molecule has 1 saturated carbocycles. The van der Waals surface area contributed by atoms with Crippen LogP contribution in [0.1, 0.15) is 18.7 Å². The molecule has 0 amide bonds. The Morgan fingerprint density at radius 3 is 2.93 bits per heavy atom. The van der Waals surface area contributed by atoms with Crippen molar-refractivity contribution in [3.8, 4) is 0 Å². The molecule has 76 valence electrons. The van der Waals surface area contributed by atoms with Gasteiger partial charge in [-0.05, 0) is 25.8 Å². The van der Waals surface area contributed by atoms with Crippen molar-refractivity contribution in [3.63, 3.8) is 0 Å². The van der Waals surface area contributed by atoms with Crippen molar-refractivity contribution < 1.29 is 4.74 Å². The average molecular weight is 193 g/mol. The summed E-state index contributed by atoms with van der Waals surface area (Å²) in [6.07, 6.45) is 4.34. The predicted octanol–water partition coefficient (Wildman–Crippen LogP) is 1.37. The lowest BCUT2D eigenvalue weighted by molar-refractivity contribution is 0.0328. The Hall–Kier alpha value is -1.16. The molecule has 1 aromatic rings. The van der Waals surface area contributed by atoms with Crippen molar-refractivity contribution >= 4 is 5.82 Å². The van der Waals surface area contributed by atoms with Gasteiger partial charge in [0.15, 0.2) is 0 Å². The van der Waals surface area contributed by atoms with Crippen molar-refractivity contribution in [3.05, 3.63) is 18.1 Å². The lowest BCUT2D eigenvalue weighted by Crippen LogP contribution is -2.40. The zero-order valence-electron chi connectivity index (χ0n) is 8.53. The summed E-state index contributed by atoms with van der Waals surface area (Å²) in [4.78, 5) is 8.33. The number of nitrogens with one attached hydrogen (secondary N) is 1. The quantitative estimate of drug-likeness (QED) is 0.787. The van der Waals surface area contributed by atoms with Crippen LogP contribution in [0.4, 0.5) is 5.82 Å². The van der Waals surface area contributed by atoms with Crippen LogP contribution in [0.5, 0.6) is 0 Å². The van der Waals surface area contributed by atoms with E-state index >= 15 is 0 Å². The van der Waals surface area contributed by atoms with Crippen LogP contribution in [0.25, 0.3) is 0 Å². The molecule has 14 heavy (non-hydrogen) atoms. The Morgan fingerprint density at radius 1 is 1.50 bits per heavy atom. The first kappa shape index (κ1) is 9.40. The Labute approximate surface area is 83.7 Å². The minimum Gasteiger partial charge on any atom is -0.381 e. The first-order valence-electron chi connectivity index (χ1n) is 4.87. The van der Waals surface area contributed by atoms with Crippen molar-refractivity contribution in [1.29, 1.82) is 0 Å². The summed E-state index contributed by atoms with van der Waals surface area (Å²) in [6, 6.07) is 2.40. The van der Waals surface area contributed by atoms with E-state index in [0.29, 0.717) is 12.1 Å². The lowest BCUT2D eigenvalue weighted by atomic mass is 9.89. The second kappa shape index (κ2) is 3.92. The molecule has 0 atom stereocenters. The minimum atomic E-state index is 0.426. The van der Waals surface area contributed by atoms with Gasteiger partial charge in [0.05, 0.1) is 6.10 Å². The molecule has 1 N–H and O–H groups in total. The number of hydrogen-bond acceptors (Lipinski definition) is 4. The number of anilines is 1. The molecule has 2 rings (SSSR count). The monoisotopic (exact) mass is 193 g/mol. The number of hydrogen-bond donors (Lipinski definition) is 1. The first-order valence-corrected chi connectivity index (χ1v) is 4.87. The molecule has 4 nitrogen and oxygen atoms in total. The highest BCUT2D eigenvalue weighted by Crippen LogP contribution is 2.25. The molecule has 0 saturated heterocycles. The fraction of sp³-hybridized carbons (Fsp3) is 0.600. The van der Waals surface area contributed by atoms with Crippen molar-refractivity contribution in [2.24, 2.45) is 0 Å². The van der Waals surface area contributed by atoms with Gasteiger partial charge in [-0.3, -0.25) is 0 Å². The summed E-state index contributed by atoms with van der Waals surface area (Å²) in [5.41, 5.74) is 0. The SMILES string of the molecule is COC1CC(Nc2ccnc(C)n2)C1. The molecule has 0 bridgehead atoms. The molecule has 1 heterocycles. The molecule has 1 aromatic heterocycles. The van der Waals surface area contributed by atoms with Crippen LogP contribution in [-0.2, 0) is 4.74 Å². The van der Waals surface area contributed by atoms with Crippen LogP contribution < -0.4 is 5.32 Å². The molecule has 0 aromatic carbocycles. The maximum Gasteiger partial charge on any atom is 0.129 e. The van der Waals surface area contributed by atoms with E-state index < -0.39 is 0 Å². The number of aromatic nitrogens is 2. The van der Waals surface area contributed by atoms with E-state index in [9.17, 15) is 0 Å². The Bertz CT molecular complexity index is 310. The van der Waals surface area contributed by atoms with Crippen LogP contribution >= 0.6 is 0 Å². The smallest absolute Gasteiger partial charge is 0.129 e. The molecule has 1 aliphatic carbocycles. The number of methoxy groups -OCH3 is 1. The summed E-state index contributed by atoms with van der Waals surface area (Å²) in [7, 11) is 1.76. The topological polar surface area (TPSA) is 47.0 Å². The molecule has 1 aliphatic rings. The molecule has 4 heteroatoms. The third-order valence-corrected chi connectivity index (χ3v) is 2.56. The molecular weight excluding hydrogens is 178 g/mol. The average Bonchev–Trinajstić information content (AvgIpc) is 2.10. The largest absolute Gasteiger partial charge is 0.381 e. The highest BCUT2D eigenvalue weighted by Gasteiger charge is 2.28. The minimum absolute atomic E-state index is 0.426. The van der Waals surface area contributed by atoms with Crippen LogP contribution in [-0.4, -0.2) is 29.2 Å². The maximum atomic E-state index is 5.21. The normalized spacial score (nSPS) is 25.6. The third kappa shape index (κ3) is 2.01. The first-order chi connectivity index (χ1) is 6.78. The van der Waals surface area contributed by atoms with E-state index in [-0.39, 0.29) is 0 Å². The molecule has 0 unspecified atom stereocenters. The van der Waals surface area contributed by atoms with Crippen molar-refractivity contribution in [2.75, 3.05) is 12.4 Å². The van der Waals surface area contributed by atoms with Gasteiger partial charge in [0.1, 0.15) is 11.6 Å². The molecule has 1 fully saturated rings. The predicted molar refractivity (Wildman–Crippen MR) is 54.2 cm³/mol. The Balaban J connectivity index is 1.87. The van der Waals surface area contributed by atoms with E-state index in [2.05, 4.69) is 15.3 Å². The van der Waals surface area contributed by atoms with Gasteiger partial charge in [-0.25, -0.2) is 9.97 Å². The Kier molecular flexibility index (Phi) is 2.63. The fourth-order valence-electron chi connectivity index (χ4n) is 1.62. The number of nitrogens with zero attached hydrogens (tertiary/aromatic N) is 2. The Morgan fingerprint density at radius 2 is 2.29 bits per heavy atom. The lowest BCUT2D eigenvalue weighted by Gasteiger charge is -2.34. The molecule has 0 radical (unpaired) electrons. The second-order valence-electron chi connectivity index (χ2n) is 3.66. The van der Waals surface area contributed by atoms with Gasteiger partial charge < -0.3 is 10.1 Å². The summed E-state index contributed by atoms with van der Waals surface area (Å²) < 4.78 is 5.21. The van der Waals surface area contributed by atoms with Gasteiger partial charge in [-0.15, -0.1) is 0 Å². The van der Waals surface area contributed by atoms with Gasteiger partial charge in [0.2, 0.25) is 0 Å². The van der Waals surface area contributed by atoms with Crippen LogP contribution in [0, 0.1) is 6.92 Å². The summed E-state index contributed by atoms with van der Waals surface area (Å²) in [5, 5.41) is 3.35. The van der Waals surface area contributed by atoms with E-state index in [1.165, 1.54) is 0 Å². The highest BCUT2D eigenvalue weighted by molar-refractivity contribution is 5.35.